The fourth-order valence-corrected chi connectivity index (χ4v) is 3.91. The van der Waals surface area contributed by atoms with E-state index >= 15 is 0 Å². The molecule has 1 aliphatic heterocycles. The smallest absolute Gasteiger partial charge is 0.251 e. The summed E-state index contributed by atoms with van der Waals surface area (Å²) in [6.45, 7) is 2.09. The SMILES string of the molecule is O=C(NC1CCN(C2CCCC2)C1)c1cccc(-n2ccnn2)c1. The minimum Gasteiger partial charge on any atom is -0.348 e. The lowest BCUT2D eigenvalue weighted by Crippen LogP contribution is -2.39. The van der Waals surface area contributed by atoms with Crippen LogP contribution in [0.15, 0.2) is 36.7 Å². The summed E-state index contributed by atoms with van der Waals surface area (Å²) in [4.78, 5) is 15.1. The van der Waals surface area contributed by atoms with Crippen molar-refractivity contribution >= 4 is 5.91 Å². The maximum Gasteiger partial charge on any atom is 0.251 e. The van der Waals surface area contributed by atoms with Crippen molar-refractivity contribution in [1.29, 1.82) is 0 Å². The van der Waals surface area contributed by atoms with Crippen molar-refractivity contribution in [1.82, 2.24) is 25.2 Å². The highest BCUT2D eigenvalue weighted by molar-refractivity contribution is 5.94. The van der Waals surface area contributed by atoms with Crippen LogP contribution in [0.1, 0.15) is 42.5 Å². The lowest BCUT2D eigenvalue weighted by atomic mass is 10.1. The molecule has 24 heavy (non-hydrogen) atoms. The lowest BCUT2D eigenvalue weighted by Gasteiger charge is -2.23. The molecule has 1 saturated carbocycles. The van der Waals surface area contributed by atoms with E-state index in [9.17, 15) is 4.79 Å². The van der Waals surface area contributed by atoms with Crippen LogP contribution >= 0.6 is 0 Å². The molecule has 1 aromatic carbocycles. The quantitative estimate of drug-likeness (QED) is 0.934. The van der Waals surface area contributed by atoms with Gasteiger partial charge in [0.1, 0.15) is 0 Å². The van der Waals surface area contributed by atoms with E-state index in [0.717, 1.165) is 31.2 Å². The zero-order chi connectivity index (χ0) is 16.4. The fraction of sp³-hybridized carbons (Fsp3) is 0.500. The largest absolute Gasteiger partial charge is 0.348 e. The molecule has 1 aromatic heterocycles. The number of nitrogens with one attached hydrogen (secondary N) is 1. The molecular weight excluding hydrogens is 302 g/mol. The molecule has 4 rings (SSSR count). The van der Waals surface area contributed by atoms with Crippen molar-refractivity contribution in [3.63, 3.8) is 0 Å². The van der Waals surface area contributed by atoms with Crippen molar-refractivity contribution < 1.29 is 4.79 Å². The summed E-state index contributed by atoms with van der Waals surface area (Å²) in [6, 6.07) is 8.50. The molecule has 126 valence electrons. The van der Waals surface area contributed by atoms with E-state index in [-0.39, 0.29) is 11.9 Å². The molecule has 1 saturated heterocycles. The van der Waals surface area contributed by atoms with Crippen LogP contribution in [-0.2, 0) is 0 Å². The van der Waals surface area contributed by atoms with Crippen molar-refractivity contribution in [2.45, 2.75) is 44.2 Å². The molecule has 1 amide bonds. The van der Waals surface area contributed by atoms with E-state index in [1.54, 1.807) is 17.1 Å². The Bertz CT molecular complexity index is 693. The highest BCUT2D eigenvalue weighted by atomic mass is 16.1. The summed E-state index contributed by atoms with van der Waals surface area (Å²) in [5.74, 6) is -0.00441. The second-order valence-electron chi connectivity index (χ2n) is 6.79. The Labute approximate surface area is 141 Å². The topological polar surface area (TPSA) is 63.1 Å². The predicted octanol–water partition coefficient (Wildman–Crippen LogP) is 2.01. The molecule has 0 spiro atoms. The van der Waals surface area contributed by atoms with Gasteiger partial charge >= 0.3 is 0 Å². The van der Waals surface area contributed by atoms with Gasteiger partial charge in [0.2, 0.25) is 0 Å². The number of benzene rings is 1. The molecule has 1 aliphatic carbocycles. The van der Waals surface area contributed by atoms with Gasteiger partial charge in [-0.1, -0.05) is 24.1 Å². The van der Waals surface area contributed by atoms with Crippen molar-refractivity contribution in [2.75, 3.05) is 13.1 Å². The number of rotatable bonds is 4. The van der Waals surface area contributed by atoms with Gasteiger partial charge in [-0.05, 0) is 37.5 Å². The molecule has 6 nitrogen and oxygen atoms in total. The third-order valence-corrected chi connectivity index (χ3v) is 5.19. The molecular formula is C18H23N5O. The van der Waals surface area contributed by atoms with Gasteiger partial charge in [0.25, 0.3) is 5.91 Å². The van der Waals surface area contributed by atoms with E-state index in [0.29, 0.717) is 5.56 Å². The van der Waals surface area contributed by atoms with Crippen LogP contribution in [0.5, 0.6) is 0 Å². The second-order valence-corrected chi connectivity index (χ2v) is 6.79. The van der Waals surface area contributed by atoms with Gasteiger partial charge in [-0.2, -0.15) is 0 Å². The highest BCUT2D eigenvalue weighted by Crippen LogP contribution is 2.26. The van der Waals surface area contributed by atoms with Gasteiger partial charge in [0, 0.05) is 30.7 Å². The number of carbonyl (C=O) groups is 1. The van der Waals surface area contributed by atoms with Crippen LogP contribution in [0.2, 0.25) is 0 Å². The van der Waals surface area contributed by atoms with Crippen molar-refractivity contribution in [3.05, 3.63) is 42.2 Å². The number of hydrogen-bond donors (Lipinski definition) is 1. The van der Waals surface area contributed by atoms with Gasteiger partial charge in [-0.15, -0.1) is 5.10 Å². The van der Waals surface area contributed by atoms with Crippen molar-refractivity contribution in [3.8, 4) is 5.69 Å². The minimum atomic E-state index is -0.00441. The Balaban J connectivity index is 1.39. The Hall–Kier alpha value is -2.21. The number of nitrogens with zero attached hydrogens (tertiary/aromatic N) is 4. The van der Waals surface area contributed by atoms with E-state index in [4.69, 9.17) is 0 Å². The van der Waals surface area contributed by atoms with Gasteiger partial charge < -0.3 is 5.32 Å². The monoisotopic (exact) mass is 325 g/mol. The van der Waals surface area contributed by atoms with Gasteiger partial charge in [-0.25, -0.2) is 4.68 Å². The van der Waals surface area contributed by atoms with Gasteiger partial charge in [0.05, 0.1) is 18.1 Å². The first kappa shape index (κ1) is 15.3. The summed E-state index contributed by atoms with van der Waals surface area (Å²) in [6.07, 6.45) is 9.79. The molecule has 2 fully saturated rings. The molecule has 1 atom stereocenters. The fourth-order valence-electron chi connectivity index (χ4n) is 3.91. The van der Waals surface area contributed by atoms with Crippen LogP contribution in [0.25, 0.3) is 5.69 Å². The molecule has 1 unspecified atom stereocenters. The standard InChI is InChI=1S/C18H23N5O/c24-18(14-4-3-7-17(12-14)23-11-9-19-21-23)20-15-8-10-22(13-15)16-5-1-2-6-16/h3-4,7,9,11-12,15-16H,1-2,5-6,8,10,13H2,(H,20,24). The van der Waals surface area contributed by atoms with E-state index in [2.05, 4.69) is 20.5 Å². The summed E-state index contributed by atoms with van der Waals surface area (Å²) in [7, 11) is 0. The minimum absolute atomic E-state index is 0.00441. The Morgan fingerprint density at radius 1 is 1.21 bits per heavy atom. The van der Waals surface area contributed by atoms with Crippen LogP contribution in [0.4, 0.5) is 0 Å². The van der Waals surface area contributed by atoms with E-state index < -0.39 is 0 Å². The molecule has 2 heterocycles. The normalized spacial score (nSPS) is 22.1. The summed E-state index contributed by atoms with van der Waals surface area (Å²) >= 11 is 0. The first-order valence-electron chi connectivity index (χ1n) is 8.81. The Kier molecular flexibility index (Phi) is 4.30. The molecule has 0 bridgehead atoms. The number of carbonyl (C=O) groups excluding carboxylic acids is 1. The van der Waals surface area contributed by atoms with Crippen LogP contribution in [0, 0.1) is 0 Å². The first-order chi connectivity index (χ1) is 11.8. The highest BCUT2D eigenvalue weighted by Gasteiger charge is 2.30. The van der Waals surface area contributed by atoms with Gasteiger partial charge in [-0.3, -0.25) is 9.69 Å². The maximum absolute atomic E-state index is 12.6. The molecule has 2 aromatic rings. The van der Waals surface area contributed by atoms with Crippen molar-refractivity contribution in [2.24, 2.45) is 0 Å². The van der Waals surface area contributed by atoms with Crippen LogP contribution in [-0.4, -0.2) is 51.0 Å². The average Bonchev–Trinajstić information content (AvgIpc) is 3.36. The first-order valence-corrected chi connectivity index (χ1v) is 8.81. The zero-order valence-corrected chi connectivity index (χ0v) is 13.8. The molecule has 1 N–H and O–H groups in total. The zero-order valence-electron chi connectivity index (χ0n) is 13.8. The van der Waals surface area contributed by atoms with Crippen LogP contribution < -0.4 is 5.32 Å². The summed E-state index contributed by atoms with van der Waals surface area (Å²) < 4.78 is 1.66. The predicted molar refractivity (Wildman–Crippen MR) is 91.1 cm³/mol. The Morgan fingerprint density at radius 3 is 2.88 bits per heavy atom. The Morgan fingerprint density at radius 2 is 2.08 bits per heavy atom. The summed E-state index contributed by atoms with van der Waals surface area (Å²) in [5, 5.41) is 11.0. The third kappa shape index (κ3) is 3.19. The maximum atomic E-state index is 12.6. The van der Waals surface area contributed by atoms with E-state index in [1.807, 2.05) is 24.3 Å². The second kappa shape index (κ2) is 6.73. The number of aromatic nitrogens is 3. The third-order valence-electron chi connectivity index (χ3n) is 5.19. The molecule has 0 radical (unpaired) electrons. The van der Waals surface area contributed by atoms with Crippen LogP contribution in [0.3, 0.4) is 0 Å². The molecule has 6 heteroatoms. The summed E-state index contributed by atoms with van der Waals surface area (Å²) in [5.41, 5.74) is 1.52. The van der Waals surface area contributed by atoms with E-state index in [1.165, 1.54) is 25.7 Å². The van der Waals surface area contributed by atoms with Gasteiger partial charge in [0.15, 0.2) is 0 Å². The number of likely N-dealkylation sites (tertiary alicyclic amines) is 1. The number of hydrogen-bond acceptors (Lipinski definition) is 4. The number of amides is 1. The lowest BCUT2D eigenvalue weighted by molar-refractivity contribution is 0.0936. The average molecular weight is 325 g/mol. The molecule has 2 aliphatic rings.